The first-order valence-corrected chi connectivity index (χ1v) is 13.2. The molecule has 1 saturated heterocycles. The van der Waals surface area contributed by atoms with E-state index in [2.05, 4.69) is 26.2 Å². The number of thioether (sulfide) groups is 1. The predicted octanol–water partition coefficient (Wildman–Crippen LogP) is 6.09. The van der Waals surface area contributed by atoms with E-state index in [0.29, 0.717) is 38.3 Å². The number of nitrogens with one attached hydrogen (secondary N) is 1. The number of benzene rings is 2. The Morgan fingerprint density at radius 3 is 2.44 bits per heavy atom. The molecule has 1 aliphatic rings. The molecule has 1 fully saturated rings. The maximum Gasteiger partial charge on any atom is 0.266 e. The summed E-state index contributed by atoms with van der Waals surface area (Å²) in [6.07, 6.45) is 1.79. The normalized spacial score (nSPS) is 15.9. The molecule has 0 bridgehead atoms. The highest BCUT2D eigenvalue weighted by Crippen LogP contribution is 2.39. The van der Waals surface area contributed by atoms with Crippen molar-refractivity contribution in [3.8, 4) is 11.5 Å². The van der Waals surface area contributed by atoms with E-state index in [4.69, 9.17) is 9.47 Å². The number of halogens is 2. The molecule has 0 radical (unpaired) electrons. The van der Waals surface area contributed by atoms with Gasteiger partial charge in [0.1, 0.15) is 5.82 Å². The molecule has 2 aromatic rings. The van der Waals surface area contributed by atoms with Crippen molar-refractivity contribution in [3.63, 3.8) is 0 Å². The van der Waals surface area contributed by atoms with Crippen molar-refractivity contribution in [2.24, 2.45) is 4.99 Å². The summed E-state index contributed by atoms with van der Waals surface area (Å²) in [5.74, 6) is -0.0727. The third kappa shape index (κ3) is 7.10. The molecule has 2 aromatic carbocycles. The van der Waals surface area contributed by atoms with Crippen molar-refractivity contribution < 1.29 is 23.5 Å². The summed E-state index contributed by atoms with van der Waals surface area (Å²) in [7, 11) is 0. The molecule has 1 aliphatic heterocycles. The van der Waals surface area contributed by atoms with E-state index in [9.17, 15) is 14.0 Å². The van der Waals surface area contributed by atoms with Crippen LogP contribution < -0.4 is 14.8 Å². The SMILES string of the molecule is CCOc1cc(/C=C2/SC(=NC(C)C)N(C(C)C)C2=O)c(Br)cc1OCC(=O)Nc1ccc(F)cc1. The second-order valence-corrected chi connectivity index (χ2v) is 10.3. The van der Waals surface area contributed by atoms with Crippen molar-refractivity contribution >= 4 is 56.4 Å². The molecule has 36 heavy (non-hydrogen) atoms. The van der Waals surface area contributed by atoms with Crippen molar-refractivity contribution in [2.75, 3.05) is 18.5 Å². The van der Waals surface area contributed by atoms with Crippen LogP contribution in [0, 0.1) is 5.82 Å². The zero-order chi connectivity index (χ0) is 26.4. The summed E-state index contributed by atoms with van der Waals surface area (Å²) in [6, 6.07) is 8.98. The summed E-state index contributed by atoms with van der Waals surface area (Å²) in [5, 5.41) is 3.34. The fourth-order valence-electron chi connectivity index (χ4n) is 3.31. The van der Waals surface area contributed by atoms with Gasteiger partial charge in [0.15, 0.2) is 23.3 Å². The van der Waals surface area contributed by atoms with Gasteiger partial charge in [0.25, 0.3) is 11.8 Å². The third-order valence-electron chi connectivity index (χ3n) is 4.86. The van der Waals surface area contributed by atoms with Gasteiger partial charge >= 0.3 is 0 Å². The number of carbonyl (C=O) groups is 2. The Labute approximate surface area is 223 Å². The van der Waals surface area contributed by atoms with Crippen LogP contribution in [0.3, 0.4) is 0 Å². The summed E-state index contributed by atoms with van der Waals surface area (Å²) < 4.78 is 25.2. The lowest BCUT2D eigenvalue weighted by Crippen LogP contribution is -2.35. The summed E-state index contributed by atoms with van der Waals surface area (Å²) >= 11 is 4.89. The number of amidine groups is 1. The number of nitrogens with zero attached hydrogens (tertiary/aromatic N) is 2. The largest absolute Gasteiger partial charge is 0.490 e. The van der Waals surface area contributed by atoms with Crippen LogP contribution in [0.5, 0.6) is 11.5 Å². The number of hydrogen-bond donors (Lipinski definition) is 1. The van der Waals surface area contributed by atoms with Gasteiger partial charge in [-0.05, 0) is 94.4 Å². The molecule has 1 heterocycles. The summed E-state index contributed by atoms with van der Waals surface area (Å²) in [4.78, 5) is 32.3. The monoisotopic (exact) mass is 577 g/mol. The highest BCUT2D eigenvalue weighted by molar-refractivity contribution is 9.10. The number of aliphatic imine (C=N–C) groups is 1. The van der Waals surface area contributed by atoms with Crippen molar-refractivity contribution in [3.05, 3.63) is 57.2 Å². The van der Waals surface area contributed by atoms with Crippen LogP contribution in [0.2, 0.25) is 0 Å². The number of hydrogen-bond acceptors (Lipinski definition) is 6. The average Bonchev–Trinajstić information content (AvgIpc) is 3.10. The highest BCUT2D eigenvalue weighted by atomic mass is 79.9. The van der Waals surface area contributed by atoms with Gasteiger partial charge in [-0.2, -0.15) is 0 Å². The smallest absolute Gasteiger partial charge is 0.266 e. The molecule has 2 amide bonds. The predicted molar refractivity (Wildman–Crippen MR) is 146 cm³/mol. The van der Waals surface area contributed by atoms with Crippen LogP contribution >= 0.6 is 27.7 Å². The fourth-order valence-corrected chi connectivity index (χ4v) is 4.97. The number of amides is 2. The Morgan fingerprint density at radius 1 is 1.17 bits per heavy atom. The topological polar surface area (TPSA) is 80.2 Å². The Morgan fingerprint density at radius 2 is 1.83 bits per heavy atom. The van der Waals surface area contributed by atoms with E-state index in [-0.39, 0.29) is 30.4 Å². The Balaban J connectivity index is 1.81. The van der Waals surface area contributed by atoms with Gasteiger partial charge in [-0.3, -0.25) is 19.5 Å². The van der Waals surface area contributed by atoms with Gasteiger partial charge in [0.2, 0.25) is 0 Å². The van der Waals surface area contributed by atoms with E-state index < -0.39 is 5.91 Å². The van der Waals surface area contributed by atoms with Gasteiger partial charge in [-0.1, -0.05) is 15.9 Å². The molecule has 10 heteroatoms. The molecule has 1 N–H and O–H groups in total. The fraction of sp³-hybridized carbons (Fsp3) is 0.346. The highest BCUT2D eigenvalue weighted by Gasteiger charge is 2.35. The quantitative estimate of drug-likeness (QED) is 0.364. The lowest BCUT2D eigenvalue weighted by atomic mass is 10.1. The molecule has 0 spiro atoms. The lowest BCUT2D eigenvalue weighted by Gasteiger charge is -2.20. The maximum atomic E-state index is 13.1. The molecule has 3 rings (SSSR count). The minimum Gasteiger partial charge on any atom is -0.490 e. The van der Waals surface area contributed by atoms with Gasteiger partial charge in [0, 0.05) is 22.2 Å². The Kier molecular flexibility index (Phi) is 9.56. The molecular weight excluding hydrogens is 549 g/mol. The van der Waals surface area contributed by atoms with Crippen LogP contribution in [-0.4, -0.2) is 47.2 Å². The van der Waals surface area contributed by atoms with Gasteiger partial charge in [-0.25, -0.2) is 4.39 Å². The molecule has 0 aliphatic carbocycles. The molecule has 0 saturated carbocycles. The number of ether oxygens (including phenoxy) is 2. The van der Waals surface area contributed by atoms with Gasteiger partial charge in [0.05, 0.1) is 11.5 Å². The number of carbonyl (C=O) groups excluding carboxylic acids is 2. The standard InChI is InChI=1S/C26H29BrFN3O4S/c1-6-34-21-11-17(12-23-25(33)31(16(4)5)26(36-23)29-15(2)3)20(27)13-22(21)35-14-24(32)30-19-9-7-18(28)8-10-19/h7-13,15-16H,6,14H2,1-5H3,(H,30,32)/b23-12+,29-26?. The molecule has 7 nitrogen and oxygen atoms in total. The van der Waals surface area contributed by atoms with Gasteiger partial charge < -0.3 is 14.8 Å². The lowest BCUT2D eigenvalue weighted by molar-refractivity contribution is -0.123. The minimum absolute atomic E-state index is 0.0207. The molecule has 0 atom stereocenters. The van der Waals surface area contributed by atoms with E-state index in [1.165, 1.54) is 36.0 Å². The maximum absolute atomic E-state index is 13.1. The van der Waals surface area contributed by atoms with Gasteiger partial charge in [-0.15, -0.1) is 0 Å². The van der Waals surface area contributed by atoms with Crippen LogP contribution in [0.1, 0.15) is 40.2 Å². The minimum atomic E-state index is -0.398. The zero-order valence-corrected chi connectivity index (χ0v) is 23.2. The second kappa shape index (κ2) is 12.4. The van der Waals surface area contributed by atoms with Crippen molar-refractivity contribution in [2.45, 2.75) is 46.7 Å². The first kappa shape index (κ1) is 27.7. The first-order chi connectivity index (χ1) is 17.1. The third-order valence-corrected chi connectivity index (χ3v) is 6.54. The van der Waals surface area contributed by atoms with Crippen LogP contribution in [0.15, 0.2) is 50.8 Å². The van der Waals surface area contributed by atoms with E-state index in [0.717, 1.165) is 5.56 Å². The van der Waals surface area contributed by atoms with Crippen LogP contribution in [0.25, 0.3) is 6.08 Å². The molecular formula is C26H29BrFN3O4S. The van der Waals surface area contributed by atoms with E-state index >= 15 is 0 Å². The second-order valence-electron chi connectivity index (χ2n) is 8.48. The van der Waals surface area contributed by atoms with Crippen LogP contribution in [0.4, 0.5) is 10.1 Å². The van der Waals surface area contributed by atoms with Crippen molar-refractivity contribution in [1.82, 2.24) is 4.90 Å². The molecule has 0 aromatic heterocycles. The summed E-state index contributed by atoms with van der Waals surface area (Å²) in [5.41, 5.74) is 1.19. The zero-order valence-electron chi connectivity index (χ0n) is 20.8. The van der Waals surface area contributed by atoms with Crippen LogP contribution in [-0.2, 0) is 9.59 Å². The van der Waals surface area contributed by atoms with E-state index in [1.807, 2.05) is 34.6 Å². The summed E-state index contributed by atoms with van der Waals surface area (Å²) in [6.45, 7) is 9.82. The Hall–Kier alpha value is -2.85. The first-order valence-electron chi connectivity index (χ1n) is 11.5. The van der Waals surface area contributed by atoms with Crippen molar-refractivity contribution in [1.29, 1.82) is 0 Å². The average molecular weight is 579 g/mol. The molecule has 192 valence electrons. The number of rotatable bonds is 9. The number of anilines is 1. The Bertz CT molecular complexity index is 1180. The molecule has 0 unspecified atom stereocenters. The van der Waals surface area contributed by atoms with E-state index in [1.54, 1.807) is 23.1 Å².